The van der Waals surface area contributed by atoms with Gasteiger partial charge in [-0.05, 0) is 20.9 Å². The first-order valence-electron chi connectivity index (χ1n) is 6.83. The molecule has 1 atom stereocenters. The van der Waals surface area contributed by atoms with Crippen LogP contribution in [0.25, 0.3) is 0 Å². The Kier molecular flexibility index (Phi) is 4.74. The summed E-state index contributed by atoms with van der Waals surface area (Å²) < 4.78 is 0. The standard InChI is InChI=1S/C13H25N5/c1-11(2)17-4-6-18(7-5-17)13(9-14-3)12-8-15-10-16-12/h8,10-11,13-14H,4-7,9H2,1-3H3,(H,15,16). The van der Waals surface area contributed by atoms with Crippen molar-refractivity contribution >= 4 is 0 Å². The number of piperazine rings is 1. The van der Waals surface area contributed by atoms with Crippen LogP contribution in [0.2, 0.25) is 0 Å². The molecule has 1 aromatic heterocycles. The molecule has 2 heterocycles. The summed E-state index contributed by atoms with van der Waals surface area (Å²) in [4.78, 5) is 12.5. The Bertz CT molecular complexity index is 327. The van der Waals surface area contributed by atoms with Crippen LogP contribution in [0.5, 0.6) is 0 Å². The number of H-pyrrole nitrogens is 1. The van der Waals surface area contributed by atoms with Crippen molar-refractivity contribution in [2.24, 2.45) is 0 Å². The maximum absolute atomic E-state index is 4.14. The molecule has 5 nitrogen and oxygen atoms in total. The quantitative estimate of drug-likeness (QED) is 0.808. The summed E-state index contributed by atoms with van der Waals surface area (Å²) in [6.45, 7) is 10.1. The summed E-state index contributed by atoms with van der Waals surface area (Å²) in [6.07, 6.45) is 3.71. The van der Waals surface area contributed by atoms with E-state index in [1.807, 2.05) is 13.2 Å². The summed E-state index contributed by atoms with van der Waals surface area (Å²) in [5.41, 5.74) is 1.21. The molecular weight excluding hydrogens is 226 g/mol. The van der Waals surface area contributed by atoms with E-state index in [0.717, 1.165) is 32.7 Å². The number of rotatable bonds is 5. The van der Waals surface area contributed by atoms with Crippen molar-refractivity contribution in [3.05, 3.63) is 18.2 Å². The van der Waals surface area contributed by atoms with Crippen LogP contribution in [0.15, 0.2) is 12.5 Å². The van der Waals surface area contributed by atoms with E-state index in [9.17, 15) is 0 Å². The third-order valence-electron chi connectivity index (χ3n) is 3.80. The normalized spacial score (nSPS) is 20.4. The number of aromatic nitrogens is 2. The lowest BCUT2D eigenvalue weighted by atomic mass is 10.1. The predicted molar refractivity (Wildman–Crippen MR) is 73.5 cm³/mol. The number of imidazole rings is 1. The van der Waals surface area contributed by atoms with Crippen LogP contribution in [-0.4, -0.2) is 65.6 Å². The first-order chi connectivity index (χ1) is 8.72. The van der Waals surface area contributed by atoms with Crippen molar-refractivity contribution < 1.29 is 0 Å². The summed E-state index contributed by atoms with van der Waals surface area (Å²) >= 11 is 0. The zero-order valence-corrected chi connectivity index (χ0v) is 11.7. The zero-order chi connectivity index (χ0) is 13.0. The number of aromatic amines is 1. The lowest BCUT2D eigenvalue weighted by Crippen LogP contribution is -2.51. The van der Waals surface area contributed by atoms with Crippen LogP contribution in [0, 0.1) is 0 Å². The van der Waals surface area contributed by atoms with E-state index in [1.165, 1.54) is 5.69 Å². The van der Waals surface area contributed by atoms with Gasteiger partial charge in [-0.3, -0.25) is 9.80 Å². The molecule has 0 saturated carbocycles. The average molecular weight is 251 g/mol. The van der Waals surface area contributed by atoms with Crippen molar-refractivity contribution in [1.82, 2.24) is 25.1 Å². The monoisotopic (exact) mass is 251 g/mol. The van der Waals surface area contributed by atoms with E-state index < -0.39 is 0 Å². The molecule has 0 aromatic carbocycles. The number of hydrogen-bond acceptors (Lipinski definition) is 4. The Hall–Kier alpha value is -0.910. The Labute approximate surface area is 110 Å². The fraction of sp³-hybridized carbons (Fsp3) is 0.769. The van der Waals surface area contributed by atoms with Crippen molar-refractivity contribution in [3.8, 4) is 0 Å². The van der Waals surface area contributed by atoms with Crippen LogP contribution in [0.1, 0.15) is 25.6 Å². The van der Waals surface area contributed by atoms with Gasteiger partial charge in [0.25, 0.3) is 0 Å². The number of likely N-dealkylation sites (N-methyl/N-ethyl adjacent to an activating group) is 1. The molecule has 2 rings (SSSR count). The second kappa shape index (κ2) is 6.31. The van der Waals surface area contributed by atoms with Crippen LogP contribution >= 0.6 is 0 Å². The van der Waals surface area contributed by atoms with Crippen molar-refractivity contribution in [1.29, 1.82) is 0 Å². The van der Waals surface area contributed by atoms with Gasteiger partial charge in [-0.1, -0.05) is 0 Å². The molecule has 1 aromatic rings. The highest BCUT2D eigenvalue weighted by Crippen LogP contribution is 2.20. The topological polar surface area (TPSA) is 47.2 Å². The predicted octanol–water partition coefficient (Wildman–Crippen LogP) is 0.696. The molecule has 1 saturated heterocycles. The van der Waals surface area contributed by atoms with Crippen LogP contribution < -0.4 is 5.32 Å². The molecule has 1 aliphatic rings. The number of hydrogen-bond donors (Lipinski definition) is 2. The first-order valence-corrected chi connectivity index (χ1v) is 6.83. The number of nitrogens with one attached hydrogen (secondary N) is 2. The minimum Gasteiger partial charge on any atom is -0.347 e. The third kappa shape index (κ3) is 3.10. The SMILES string of the molecule is CNCC(c1cnc[nH]1)N1CCN(C(C)C)CC1. The van der Waals surface area contributed by atoms with Crippen molar-refractivity contribution in [2.45, 2.75) is 25.9 Å². The minimum atomic E-state index is 0.409. The highest BCUT2D eigenvalue weighted by molar-refractivity contribution is 5.04. The van der Waals surface area contributed by atoms with Crippen LogP contribution in [-0.2, 0) is 0 Å². The molecular formula is C13H25N5. The molecule has 0 spiro atoms. The fourth-order valence-corrected chi connectivity index (χ4v) is 2.64. The summed E-state index contributed by atoms with van der Waals surface area (Å²) in [7, 11) is 2.01. The van der Waals surface area contributed by atoms with Gasteiger partial charge in [0.05, 0.1) is 18.1 Å². The number of nitrogens with zero attached hydrogens (tertiary/aromatic N) is 3. The average Bonchev–Trinajstić information content (AvgIpc) is 2.90. The Morgan fingerprint density at radius 1 is 1.28 bits per heavy atom. The van der Waals surface area contributed by atoms with Gasteiger partial charge >= 0.3 is 0 Å². The highest BCUT2D eigenvalue weighted by atomic mass is 15.3. The van der Waals surface area contributed by atoms with Gasteiger partial charge in [-0.25, -0.2) is 4.98 Å². The molecule has 5 heteroatoms. The molecule has 102 valence electrons. The van der Waals surface area contributed by atoms with Crippen molar-refractivity contribution in [3.63, 3.8) is 0 Å². The van der Waals surface area contributed by atoms with E-state index >= 15 is 0 Å². The van der Waals surface area contributed by atoms with E-state index in [1.54, 1.807) is 6.33 Å². The molecule has 1 aliphatic heterocycles. The van der Waals surface area contributed by atoms with E-state index in [-0.39, 0.29) is 0 Å². The smallest absolute Gasteiger partial charge is 0.0922 e. The largest absolute Gasteiger partial charge is 0.347 e. The fourth-order valence-electron chi connectivity index (χ4n) is 2.64. The molecule has 0 radical (unpaired) electrons. The maximum Gasteiger partial charge on any atom is 0.0922 e. The summed E-state index contributed by atoms with van der Waals surface area (Å²) in [5, 5.41) is 3.28. The highest BCUT2D eigenvalue weighted by Gasteiger charge is 2.26. The van der Waals surface area contributed by atoms with Crippen molar-refractivity contribution in [2.75, 3.05) is 39.8 Å². The molecule has 0 amide bonds. The van der Waals surface area contributed by atoms with Gasteiger partial charge in [0.2, 0.25) is 0 Å². The Morgan fingerprint density at radius 2 is 1.94 bits per heavy atom. The van der Waals surface area contributed by atoms with Gasteiger partial charge in [0.1, 0.15) is 0 Å². The van der Waals surface area contributed by atoms with Gasteiger partial charge in [-0.15, -0.1) is 0 Å². The van der Waals surface area contributed by atoms with Crippen LogP contribution in [0.4, 0.5) is 0 Å². The Morgan fingerprint density at radius 3 is 2.44 bits per heavy atom. The van der Waals surface area contributed by atoms with E-state index in [4.69, 9.17) is 0 Å². The molecule has 1 fully saturated rings. The van der Waals surface area contributed by atoms with E-state index in [0.29, 0.717) is 12.1 Å². The zero-order valence-electron chi connectivity index (χ0n) is 11.7. The van der Waals surface area contributed by atoms with Gasteiger partial charge in [0.15, 0.2) is 0 Å². The molecule has 1 unspecified atom stereocenters. The second-order valence-corrected chi connectivity index (χ2v) is 5.25. The second-order valence-electron chi connectivity index (χ2n) is 5.25. The molecule has 18 heavy (non-hydrogen) atoms. The maximum atomic E-state index is 4.14. The summed E-state index contributed by atoms with van der Waals surface area (Å²) in [6, 6.07) is 1.06. The lowest BCUT2D eigenvalue weighted by Gasteiger charge is -2.40. The van der Waals surface area contributed by atoms with Crippen LogP contribution in [0.3, 0.4) is 0 Å². The molecule has 0 bridgehead atoms. The van der Waals surface area contributed by atoms with Gasteiger partial charge in [-0.2, -0.15) is 0 Å². The third-order valence-corrected chi connectivity index (χ3v) is 3.80. The van der Waals surface area contributed by atoms with E-state index in [2.05, 4.69) is 38.9 Å². The minimum absolute atomic E-state index is 0.409. The first kappa shape index (κ1) is 13.5. The van der Waals surface area contributed by atoms with Gasteiger partial charge < -0.3 is 10.3 Å². The lowest BCUT2D eigenvalue weighted by molar-refractivity contribution is 0.0768. The Balaban J connectivity index is 1.97. The molecule has 2 N–H and O–H groups in total. The summed E-state index contributed by atoms with van der Waals surface area (Å²) in [5.74, 6) is 0. The van der Waals surface area contributed by atoms with Gasteiger partial charge in [0, 0.05) is 45.0 Å². The molecule has 0 aliphatic carbocycles.